The largest absolute Gasteiger partial charge is 0.367 e. The van der Waals surface area contributed by atoms with E-state index in [4.69, 9.17) is 5.73 Å². The minimum Gasteiger partial charge on any atom is -0.367 e. The third-order valence-electron chi connectivity index (χ3n) is 3.58. The summed E-state index contributed by atoms with van der Waals surface area (Å²) in [7, 11) is 1.96. The first-order valence-electron chi connectivity index (χ1n) is 6.50. The molecule has 2 nitrogen and oxygen atoms in total. The number of halogens is 2. The highest BCUT2D eigenvalue weighted by molar-refractivity contribution is 9.10. The fraction of sp³-hybridized carbons (Fsp3) is 0.250. The lowest BCUT2D eigenvalue weighted by Gasteiger charge is -2.29. The first kappa shape index (κ1) is 15.0. The van der Waals surface area contributed by atoms with Crippen LogP contribution in [0.1, 0.15) is 24.1 Å². The van der Waals surface area contributed by atoms with Crippen molar-refractivity contribution in [2.24, 2.45) is 5.73 Å². The molecule has 0 aliphatic heterocycles. The highest BCUT2D eigenvalue weighted by Gasteiger charge is 2.17. The molecule has 0 saturated heterocycles. The topological polar surface area (TPSA) is 29.3 Å². The van der Waals surface area contributed by atoms with E-state index in [9.17, 15) is 4.39 Å². The zero-order valence-corrected chi connectivity index (χ0v) is 13.2. The van der Waals surface area contributed by atoms with Crippen molar-refractivity contribution in [1.29, 1.82) is 0 Å². The van der Waals surface area contributed by atoms with E-state index < -0.39 is 0 Å². The second-order valence-electron chi connectivity index (χ2n) is 4.79. The molecular formula is C16H18BrFN2. The lowest BCUT2D eigenvalue weighted by molar-refractivity contribution is 0.585. The van der Waals surface area contributed by atoms with Gasteiger partial charge in [0.15, 0.2) is 0 Å². The first-order valence-corrected chi connectivity index (χ1v) is 7.29. The van der Waals surface area contributed by atoms with Gasteiger partial charge in [-0.25, -0.2) is 4.39 Å². The Kier molecular flexibility index (Phi) is 4.78. The quantitative estimate of drug-likeness (QED) is 0.904. The number of rotatable bonds is 4. The molecular weight excluding hydrogens is 319 g/mol. The normalized spacial score (nSPS) is 12.2. The van der Waals surface area contributed by atoms with Crippen molar-refractivity contribution in [3.63, 3.8) is 0 Å². The van der Waals surface area contributed by atoms with Crippen molar-refractivity contribution in [3.8, 4) is 0 Å². The van der Waals surface area contributed by atoms with Crippen LogP contribution in [-0.4, -0.2) is 7.05 Å². The van der Waals surface area contributed by atoms with Gasteiger partial charge < -0.3 is 10.6 Å². The summed E-state index contributed by atoms with van der Waals surface area (Å²) in [6.45, 7) is 2.44. The van der Waals surface area contributed by atoms with Crippen molar-refractivity contribution in [2.75, 3.05) is 11.9 Å². The van der Waals surface area contributed by atoms with Crippen LogP contribution in [0.3, 0.4) is 0 Å². The molecule has 4 heteroatoms. The van der Waals surface area contributed by atoms with Gasteiger partial charge in [-0.15, -0.1) is 0 Å². The van der Waals surface area contributed by atoms with Crippen molar-refractivity contribution < 1.29 is 4.39 Å². The van der Waals surface area contributed by atoms with Crippen LogP contribution in [0.5, 0.6) is 0 Å². The number of hydrogen-bond donors (Lipinski definition) is 1. The van der Waals surface area contributed by atoms with E-state index in [2.05, 4.69) is 15.9 Å². The summed E-state index contributed by atoms with van der Waals surface area (Å²) in [5.41, 5.74) is 8.52. The van der Waals surface area contributed by atoms with Crippen molar-refractivity contribution in [3.05, 3.63) is 63.9 Å². The van der Waals surface area contributed by atoms with Gasteiger partial charge >= 0.3 is 0 Å². The van der Waals surface area contributed by atoms with Gasteiger partial charge in [0, 0.05) is 29.3 Å². The maximum Gasteiger partial charge on any atom is 0.128 e. The van der Waals surface area contributed by atoms with E-state index in [0.29, 0.717) is 12.1 Å². The lowest BCUT2D eigenvalue weighted by Crippen LogP contribution is -2.24. The van der Waals surface area contributed by atoms with Crippen molar-refractivity contribution >= 4 is 21.6 Å². The molecule has 0 heterocycles. The summed E-state index contributed by atoms with van der Waals surface area (Å²) in [4.78, 5) is 2.05. The van der Waals surface area contributed by atoms with E-state index in [1.807, 2.05) is 49.2 Å². The van der Waals surface area contributed by atoms with E-state index in [0.717, 1.165) is 15.7 Å². The van der Waals surface area contributed by atoms with Crippen LogP contribution in [0.15, 0.2) is 46.9 Å². The summed E-state index contributed by atoms with van der Waals surface area (Å²) < 4.78 is 14.9. The summed E-state index contributed by atoms with van der Waals surface area (Å²) in [6, 6.07) is 12.8. The van der Waals surface area contributed by atoms with Crippen molar-refractivity contribution in [2.45, 2.75) is 19.5 Å². The minimum atomic E-state index is -0.184. The number of nitrogens with zero attached hydrogens (tertiary/aromatic N) is 1. The van der Waals surface area contributed by atoms with Crippen LogP contribution in [-0.2, 0) is 6.54 Å². The molecule has 0 saturated carbocycles. The van der Waals surface area contributed by atoms with Gasteiger partial charge in [0.2, 0.25) is 0 Å². The summed E-state index contributed by atoms with van der Waals surface area (Å²) >= 11 is 3.47. The van der Waals surface area contributed by atoms with Crippen LogP contribution < -0.4 is 10.6 Å². The smallest absolute Gasteiger partial charge is 0.128 e. The fourth-order valence-corrected chi connectivity index (χ4v) is 2.62. The number of anilines is 1. The third-order valence-corrected chi connectivity index (χ3v) is 4.08. The maximum absolute atomic E-state index is 13.9. The average molecular weight is 337 g/mol. The Labute approximate surface area is 127 Å². The van der Waals surface area contributed by atoms with Gasteiger partial charge in [-0.2, -0.15) is 0 Å². The van der Waals surface area contributed by atoms with E-state index >= 15 is 0 Å². The molecule has 2 aromatic rings. The van der Waals surface area contributed by atoms with Crippen molar-refractivity contribution in [1.82, 2.24) is 0 Å². The predicted octanol–water partition coefficient (Wildman–Crippen LogP) is 4.24. The van der Waals surface area contributed by atoms with Crippen LogP contribution in [0.2, 0.25) is 0 Å². The van der Waals surface area contributed by atoms with Crippen LogP contribution in [0.25, 0.3) is 0 Å². The zero-order chi connectivity index (χ0) is 14.7. The Bertz CT molecular complexity index is 601. The molecule has 0 bridgehead atoms. The Balaban J connectivity index is 2.38. The lowest BCUT2D eigenvalue weighted by atomic mass is 10.0. The molecule has 20 heavy (non-hydrogen) atoms. The van der Waals surface area contributed by atoms with Gasteiger partial charge in [-0.05, 0) is 30.7 Å². The Morgan fingerprint density at radius 2 is 1.95 bits per heavy atom. The molecule has 0 amide bonds. The minimum absolute atomic E-state index is 0.0733. The van der Waals surface area contributed by atoms with Crippen LogP contribution in [0.4, 0.5) is 10.1 Å². The molecule has 0 fully saturated rings. The Hall–Kier alpha value is -1.39. The highest BCUT2D eigenvalue weighted by Crippen LogP contribution is 2.31. The van der Waals surface area contributed by atoms with Gasteiger partial charge in [0.25, 0.3) is 0 Å². The Morgan fingerprint density at radius 1 is 1.25 bits per heavy atom. The maximum atomic E-state index is 13.9. The summed E-state index contributed by atoms with van der Waals surface area (Å²) in [6.07, 6.45) is 0. The molecule has 0 radical (unpaired) electrons. The molecule has 2 N–H and O–H groups in total. The fourth-order valence-electron chi connectivity index (χ4n) is 2.27. The molecule has 106 valence electrons. The third kappa shape index (κ3) is 3.02. The van der Waals surface area contributed by atoms with Gasteiger partial charge in [0.1, 0.15) is 5.82 Å². The molecule has 0 spiro atoms. The monoisotopic (exact) mass is 336 g/mol. The average Bonchev–Trinajstić information content (AvgIpc) is 2.46. The SMILES string of the molecule is CC(c1ccccc1F)N(C)c1cc(Br)ccc1CN. The molecule has 0 aromatic heterocycles. The van der Waals surface area contributed by atoms with E-state index in [-0.39, 0.29) is 11.9 Å². The second kappa shape index (κ2) is 6.37. The highest BCUT2D eigenvalue weighted by atomic mass is 79.9. The first-order chi connectivity index (χ1) is 9.54. The molecule has 2 rings (SSSR count). The molecule has 0 aliphatic carbocycles. The second-order valence-corrected chi connectivity index (χ2v) is 5.70. The van der Waals surface area contributed by atoms with E-state index in [1.165, 1.54) is 6.07 Å². The van der Waals surface area contributed by atoms with Gasteiger partial charge in [0.05, 0.1) is 6.04 Å². The molecule has 1 unspecified atom stereocenters. The standard InChI is InChI=1S/C16H18BrFN2/c1-11(14-5-3-4-6-15(14)18)20(2)16-9-13(17)8-7-12(16)10-19/h3-9,11H,10,19H2,1-2H3. The number of nitrogens with two attached hydrogens (primary N) is 1. The van der Waals surface area contributed by atoms with Crippen LogP contribution in [0, 0.1) is 5.82 Å². The zero-order valence-electron chi connectivity index (χ0n) is 11.6. The van der Waals surface area contributed by atoms with Gasteiger partial charge in [-0.3, -0.25) is 0 Å². The summed E-state index contributed by atoms with van der Waals surface area (Å²) in [5, 5.41) is 0. The van der Waals surface area contributed by atoms with E-state index in [1.54, 1.807) is 6.07 Å². The predicted molar refractivity (Wildman–Crippen MR) is 85.3 cm³/mol. The molecule has 2 aromatic carbocycles. The molecule has 1 atom stereocenters. The number of hydrogen-bond acceptors (Lipinski definition) is 2. The Morgan fingerprint density at radius 3 is 2.60 bits per heavy atom. The van der Waals surface area contributed by atoms with Crippen LogP contribution >= 0.6 is 15.9 Å². The summed E-state index contributed by atoms with van der Waals surface area (Å²) in [5.74, 6) is -0.184. The number of benzene rings is 2. The van der Waals surface area contributed by atoms with Gasteiger partial charge in [-0.1, -0.05) is 40.2 Å². The molecule has 0 aliphatic rings.